The average Bonchev–Trinajstić information content (AvgIpc) is 3.27. The Morgan fingerprint density at radius 2 is 1.96 bits per heavy atom. The van der Waals surface area contributed by atoms with Crippen molar-refractivity contribution in [3.63, 3.8) is 0 Å². The minimum absolute atomic E-state index is 0.127. The summed E-state index contributed by atoms with van der Waals surface area (Å²) in [5.41, 5.74) is 0.758. The molecule has 3 aromatic rings. The number of likely N-dealkylation sites (tertiary alicyclic amines) is 1. The van der Waals surface area contributed by atoms with E-state index >= 15 is 0 Å². The number of aryl methyl sites for hydroxylation is 1. The van der Waals surface area contributed by atoms with Gasteiger partial charge in [-0.1, -0.05) is 18.2 Å². The van der Waals surface area contributed by atoms with E-state index in [4.69, 9.17) is 4.42 Å². The third-order valence-electron chi connectivity index (χ3n) is 4.68. The van der Waals surface area contributed by atoms with Crippen molar-refractivity contribution >= 4 is 11.3 Å². The summed E-state index contributed by atoms with van der Waals surface area (Å²) in [6.07, 6.45) is 1.92. The minimum atomic E-state index is -0.127. The lowest BCUT2D eigenvalue weighted by Gasteiger charge is -2.30. The van der Waals surface area contributed by atoms with Crippen molar-refractivity contribution in [3.8, 4) is 10.8 Å². The molecular weight excluding hydrogens is 337 g/mol. The molecule has 0 unspecified atom stereocenters. The summed E-state index contributed by atoms with van der Waals surface area (Å²) in [6.45, 7) is 4.54. The van der Waals surface area contributed by atoms with Gasteiger partial charge in [0.2, 0.25) is 5.89 Å². The smallest absolute Gasteiger partial charge is 0.257 e. The Bertz CT molecular complexity index is 852. The first-order chi connectivity index (χ1) is 12.2. The topological polar surface area (TPSA) is 42.2 Å². The van der Waals surface area contributed by atoms with E-state index in [1.807, 2.05) is 18.2 Å². The van der Waals surface area contributed by atoms with Crippen molar-refractivity contribution < 1.29 is 8.81 Å². The lowest BCUT2D eigenvalue weighted by atomic mass is 9.96. The molecule has 1 fully saturated rings. The summed E-state index contributed by atoms with van der Waals surface area (Å²) >= 11 is 1.66. The van der Waals surface area contributed by atoms with Crippen LogP contribution in [-0.4, -0.2) is 28.2 Å². The Balaban J connectivity index is 1.37. The van der Waals surface area contributed by atoms with Gasteiger partial charge in [-0.3, -0.25) is 4.90 Å². The number of hydrogen-bond acceptors (Lipinski definition) is 5. The normalized spacial score (nSPS) is 16.4. The van der Waals surface area contributed by atoms with E-state index in [9.17, 15) is 4.39 Å². The van der Waals surface area contributed by atoms with Crippen LogP contribution in [0, 0.1) is 12.7 Å². The molecule has 0 aliphatic carbocycles. The quantitative estimate of drug-likeness (QED) is 0.683. The van der Waals surface area contributed by atoms with Crippen molar-refractivity contribution in [1.82, 2.24) is 15.1 Å². The van der Waals surface area contributed by atoms with Gasteiger partial charge in [0, 0.05) is 22.9 Å². The predicted octanol–water partition coefficient (Wildman–Crippen LogP) is 4.63. The van der Waals surface area contributed by atoms with Crippen LogP contribution in [0.3, 0.4) is 0 Å². The van der Waals surface area contributed by atoms with Gasteiger partial charge in [0.1, 0.15) is 5.82 Å². The number of benzene rings is 1. The summed E-state index contributed by atoms with van der Waals surface area (Å²) in [7, 11) is 0. The standard InChI is InChI=1S/C19H20FN3OS/c1-13-6-7-17(25-13)19-22-21-18(24-19)14-8-10-23(11-9-14)12-15-4-2-3-5-16(15)20/h2-7,14H,8-12H2,1H3. The SMILES string of the molecule is Cc1ccc(-c2nnc(C3CCN(Cc4ccccc4F)CC3)o2)s1. The number of nitrogens with zero attached hydrogens (tertiary/aromatic N) is 3. The number of halogens is 1. The third kappa shape index (κ3) is 3.65. The van der Waals surface area contributed by atoms with Gasteiger partial charge in [-0.2, -0.15) is 0 Å². The average molecular weight is 357 g/mol. The highest BCUT2D eigenvalue weighted by Gasteiger charge is 2.25. The lowest BCUT2D eigenvalue weighted by molar-refractivity contribution is 0.191. The van der Waals surface area contributed by atoms with E-state index in [-0.39, 0.29) is 5.82 Å². The van der Waals surface area contributed by atoms with Gasteiger partial charge in [0.25, 0.3) is 5.89 Å². The first-order valence-corrected chi connectivity index (χ1v) is 9.36. The molecule has 3 heterocycles. The molecule has 6 heteroatoms. The van der Waals surface area contributed by atoms with Crippen molar-refractivity contribution in [2.24, 2.45) is 0 Å². The van der Waals surface area contributed by atoms with Crippen molar-refractivity contribution in [3.05, 3.63) is 58.5 Å². The van der Waals surface area contributed by atoms with Crippen LogP contribution in [0.4, 0.5) is 4.39 Å². The highest BCUT2D eigenvalue weighted by atomic mass is 32.1. The van der Waals surface area contributed by atoms with Crippen molar-refractivity contribution in [1.29, 1.82) is 0 Å². The number of thiophene rings is 1. The number of aromatic nitrogens is 2. The molecule has 1 aromatic carbocycles. The summed E-state index contributed by atoms with van der Waals surface area (Å²) < 4.78 is 19.7. The summed E-state index contributed by atoms with van der Waals surface area (Å²) in [5.74, 6) is 1.50. The monoisotopic (exact) mass is 357 g/mol. The van der Waals surface area contributed by atoms with E-state index in [1.54, 1.807) is 17.4 Å². The Morgan fingerprint density at radius 1 is 1.16 bits per heavy atom. The molecule has 0 amide bonds. The fraction of sp³-hybridized carbons (Fsp3) is 0.368. The van der Waals surface area contributed by atoms with Crippen LogP contribution in [0.25, 0.3) is 10.8 Å². The van der Waals surface area contributed by atoms with Crippen LogP contribution in [0.5, 0.6) is 0 Å². The predicted molar refractivity (Wildman–Crippen MR) is 96.0 cm³/mol. The molecule has 0 N–H and O–H groups in total. The first-order valence-electron chi connectivity index (χ1n) is 8.55. The van der Waals surface area contributed by atoms with Crippen molar-refractivity contribution in [2.45, 2.75) is 32.2 Å². The third-order valence-corrected chi connectivity index (χ3v) is 5.67. The lowest BCUT2D eigenvalue weighted by Crippen LogP contribution is -2.32. The molecule has 0 saturated carbocycles. The van der Waals surface area contributed by atoms with Crippen LogP contribution < -0.4 is 0 Å². The molecule has 25 heavy (non-hydrogen) atoms. The zero-order valence-electron chi connectivity index (χ0n) is 14.1. The fourth-order valence-corrected chi connectivity index (χ4v) is 4.04. The van der Waals surface area contributed by atoms with Gasteiger partial charge in [-0.15, -0.1) is 21.5 Å². The molecule has 2 aromatic heterocycles. The number of piperidine rings is 1. The van der Waals surface area contributed by atoms with Gasteiger partial charge in [0.05, 0.1) is 4.88 Å². The molecule has 0 radical (unpaired) electrons. The molecule has 130 valence electrons. The molecule has 4 rings (SSSR count). The summed E-state index contributed by atoms with van der Waals surface area (Å²) in [5, 5.41) is 8.46. The van der Waals surface area contributed by atoms with E-state index < -0.39 is 0 Å². The van der Waals surface area contributed by atoms with Crippen LogP contribution >= 0.6 is 11.3 Å². The largest absolute Gasteiger partial charge is 0.420 e. The minimum Gasteiger partial charge on any atom is -0.420 e. The maximum Gasteiger partial charge on any atom is 0.257 e. The second-order valence-corrected chi connectivity index (χ2v) is 7.79. The molecule has 1 saturated heterocycles. The van der Waals surface area contributed by atoms with Gasteiger partial charge in [0.15, 0.2) is 0 Å². The van der Waals surface area contributed by atoms with E-state index in [1.165, 1.54) is 10.9 Å². The van der Waals surface area contributed by atoms with Gasteiger partial charge < -0.3 is 4.42 Å². The molecule has 4 nitrogen and oxygen atoms in total. The highest BCUT2D eigenvalue weighted by Crippen LogP contribution is 2.32. The first kappa shape index (κ1) is 16.4. The van der Waals surface area contributed by atoms with Crippen LogP contribution in [0.15, 0.2) is 40.8 Å². The highest BCUT2D eigenvalue weighted by molar-refractivity contribution is 7.15. The Morgan fingerprint density at radius 3 is 2.68 bits per heavy atom. The second kappa shape index (κ2) is 7.06. The van der Waals surface area contributed by atoms with Crippen LogP contribution in [0.1, 0.15) is 35.1 Å². The molecular formula is C19H20FN3OS. The zero-order valence-corrected chi connectivity index (χ0v) is 14.9. The maximum atomic E-state index is 13.8. The van der Waals surface area contributed by atoms with Gasteiger partial charge >= 0.3 is 0 Å². The molecule has 0 atom stereocenters. The van der Waals surface area contributed by atoms with Crippen molar-refractivity contribution in [2.75, 3.05) is 13.1 Å². The molecule has 0 spiro atoms. The maximum absolute atomic E-state index is 13.8. The Hall–Kier alpha value is -2.05. The zero-order chi connectivity index (χ0) is 17.2. The summed E-state index contributed by atoms with van der Waals surface area (Å²) in [4.78, 5) is 4.54. The fourth-order valence-electron chi connectivity index (χ4n) is 3.25. The van der Waals surface area contributed by atoms with E-state index in [2.05, 4.69) is 28.1 Å². The van der Waals surface area contributed by atoms with Gasteiger partial charge in [-0.05, 0) is 51.1 Å². The van der Waals surface area contributed by atoms with Gasteiger partial charge in [-0.25, -0.2) is 4.39 Å². The van der Waals surface area contributed by atoms with Crippen LogP contribution in [-0.2, 0) is 6.54 Å². The summed E-state index contributed by atoms with van der Waals surface area (Å²) in [6, 6.07) is 11.1. The van der Waals surface area contributed by atoms with E-state index in [0.29, 0.717) is 18.4 Å². The Labute approximate surface area is 150 Å². The second-order valence-electron chi connectivity index (χ2n) is 6.50. The molecule has 1 aliphatic heterocycles. The Kier molecular flexibility index (Phi) is 4.63. The number of rotatable bonds is 4. The van der Waals surface area contributed by atoms with E-state index in [0.717, 1.165) is 42.3 Å². The molecule has 0 bridgehead atoms. The molecule has 1 aliphatic rings. The number of hydrogen-bond donors (Lipinski definition) is 0. The van der Waals surface area contributed by atoms with Crippen LogP contribution in [0.2, 0.25) is 0 Å².